The molecule has 0 aliphatic rings. The molecule has 0 unspecified atom stereocenters. The number of amides is 1. The zero-order valence-electron chi connectivity index (χ0n) is 16.9. The second-order valence-electron chi connectivity index (χ2n) is 7.67. The number of hydrogen-bond acceptors (Lipinski definition) is 6. The van der Waals surface area contributed by atoms with E-state index in [1.54, 1.807) is 32.9 Å². The molecule has 8 nitrogen and oxygen atoms in total. The normalized spacial score (nSPS) is 13.3. The first kappa shape index (κ1) is 22.2. The van der Waals surface area contributed by atoms with E-state index in [0.717, 1.165) is 5.56 Å². The van der Waals surface area contributed by atoms with Gasteiger partial charge < -0.3 is 19.9 Å². The summed E-state index contributed by atoms with van der Waals surface area (Å²) in [7, 11) is 0. The van der Waals surface area contributed by atoms with Gasteiger partial charge in [0, 0.05) is 12.1 Å². The van der Waals surface area contributed by atoms with Gasteiger partial charge in [0.1, 0.15) is 24.1 Å². The maximum absolute atomic E-state index is 12.2. The third kappa shape index (κ3) is 7.08. The molecule has 0 saturated carbocycles. The number of ether oxygens (including phenoxy) is 2. The fraction of sp³-hybridized carbons (Fsp3) is 0.381. The number of nitrogens with zero attached hydrogens (tertiary/aromatic N) is 1. The molecule has 8 heteroatoms. The Balaban J connectivity index is 2.16. The molecule has 29 heavy (non-hydrogen) atoms. The van der Waals surface area contributed by atoms with E-state index in [-0.39, 0.29) is 12.3 Å². The van der Waals surface area contributed by atoms with Crippen LogP contribution in [0.1, 0.15) is 38.0 Å². The second kappa shape index (κ2) is 9.38. The molecule has 0 aliphatic heterocycles. The standard InChI is InChI=1S/C21H26N2O6/c1-14-5-11-17(12-6-14)28-13-18(22-20(25)29-21(2,3)4)19(24)15-7-9-16(10-8-15)23(26)27/h5-12,18-19,24H,13H2,1-4H3,(H,22,25)/t18-,19-/m1/s1. The summed E-state index contributed by atoms with van der Waals surface area (Å²) in [6, 6.07) is 12.0. The van der Waals surface area contributed by atoms with E-state index in [0.29, 0.717) is 11.3 Å². The Bertz CT molecular complexity index is 828. The maximum Gasteiger partial charge on any atom is 0.408 e. The van der Waals surface area contributed by atoms with Crippen molar-refractivity contribution >= 4 is 11.8 Å². The van der Waals surface area contributed by atoms with Crippen LogP contribution in [0, 0.1) is 17.0 Å². The van der Waals surface area contributed by atoms with Crippen molar-refractivity contribution in [1.29, 1.82) is 0 Å². The molecule has 2 rings (SSSR count). The highest BCUT2D eigenvalue weighted by molar-refractivity contribution is 5.68. The lowest BCUT2D eigenvalue weighted by molar-refractivity contribution is -0.384. The summed E-state index contributed by atoms with van der Waals surface area (Å²) in [5.41, 5.74) is 0.689. The predicted octanol–water partition coefficient (Wildman–Crippen LogP) is 3.91. The van der Waals surface area contributed by atoms with Crippen molar-refractivity contribution in [3.63, 3.8) is 0 Å². The van der Waals surface area contributed by atoms with Crippen LogP contribution in [0.15, 0.2) is 48.5 Å². The van der Waals surface area contributed by atoms with E-state index in [9.17, 15) is 20.0 Å². The molecule has 0 aliphatic carbocycles. The highest BCUT2D eigenvalue weighted by Gasteiger charge is 2.27. The molecule has 0 spiro atoms. The number of aryl methyl sites for hydroxylation is 1. The first-order valence-corrected chi connectivity index (χ1v) is 9.16. The summed E-state index contributed by atoms with van der Waals surface area (Å²) in [5.74, 6) is 0.586. The summed E-state index contributed by atoms with van der Waals surface area (Å²) < 4.78 is 11.0. The number of carbonyl (C=O) groups excluding carboxylic acids is 1. The van der Waals surface area contributed by atoms with E-state index < -0.39 is 28.8 Å². The Morgan fingerprint density at radius 1 is 1.14 bits per heavy atom. The lowest BCUT2D eigenvalue weighted by atomic mass is 10.0. The van der Waals surface area contributed by atoms with Gasteiger partial charge in [-0.2, -0.15) is 0 Å². The van der Waals surface area contributed by atoms with Crippen molar-refractivity contribution in [1.82, 2.24) is 5.32 Å². The van der Waals surface area contributed by atoms with E-state index in [1.807, 2.05) is 19.1 Å². The van der Waals surface area contributed by atoms with Crippen molar-refractivity contribution < 1.29 is 24.3 Å². The van der Waals surface area contributed by atoms with E-state index >= 15 is 0 Å². The number of rotatable bonds is 7. The van der Waals surface area contributed by atoms with Crippen LogP contribution in [-0.4, -0.2) is 34.4 Å². The minimum atomic E-state index is -1.16. The molecule has 0 heterocycles. The number of nitro benzene ring substituents is 1. The number of aliphatic hydroxyl groups excluding tert-OH is 1. The first-order valence-electron chi connectivity index (χ1n) is 9.16. The topological polar surface area (TPSA) is 111 Å². The fourth-order valence-electron chi connectivity index (χ4n) is 2.52. The molecule has 2 atom stereocenters. The van der Waals surface area contributed by atoms with Gasteiger partial charge >= 0.3 is 6.09 Å². The van der Waals surface area contributed by atoms with Crippen LogP contribution in [0.4, 0.5) is 10.5 Å². The Kier molecular flexibility index (Phi) is 7.17. The van der Waals surface area contributed by atoms with Crippen LogP contribution < -0.4 is 10.1 Å². The van der Waals surface area contributed by atoms with Crippen LogP contribution in [0.25, 0.3) is 0 Å². The second-order valence-corrected chi connectivity index (χ2v) is 7.67. The lowest BCUT2D eigenvalue weighted by Crippen LogP contribution is -2.45. The van der Waals surface area contributed by atoms with Crippen molar-refractivity contribution in [3.8, 4) is 5.75 Å². The highest BCUT2D eigenvalue weighted by Crippen LogP contribution is 2.22. The Morgan fingerprint density at radius 2 is 1.72 bits per heavy atom. The summed E-state index contributed by atoms with van der Waals surface area (Å²) in [5, 5.41) is 24.2. The summed E-state index contributed by atoms with van der Waals surface area (Å²) in [4.78, 5) is 22.5. The summed E-state index contributed by atoms with van der Waals surface area (Å²) in [6.07, 6.45) is -1.86. The fourth-order valence-corrected chi connectivity index (χ4v) is 2.52. The third-order valence-corrected chi connectivity index (χ3v) is 3.98. The van der Waals surface area contributed by atoms with Crippen molar-refractivity contribution in [2.75, 3.05) is 6.61 Å². The van der Waals surface area contributed by atoms with Crippen molar-refractivity contribution in [2.45, 2.75) is 45.4 Å². The van der Waals surface area contributed by atoms with Gasteiger partial charge in [0.05, 0.1) is 11.0 Å². The number of hydrogen-bond donors (Lipinski definition) is 2. The predicted molar refractivity (Wildman–Crippen MR) is 108 cm³/mol. The molecule has 0 aromatic heterocycles. The first-order chi connectivity index (χ1) is 13.5. The molecule has 0 fully saturated rings. The van der Waals surface area contributed by atoms with Crippen molar-refractivity contribution in [2.24, 2.45) is 0 Å². The average Bonchev–Trinajstić information content (AvgIpc) is 2.64. The number of nitro groups is 1. The zero-order chi connectivity index (χ0) is 21.6. The van der Waals surface area contributed by atoms with Gasteiger partial charge in [-0.1, -0.05) is 17.7 Å². The molecule has 2 aromatic rings. The lowest BCUT2D eigenvalue weighted by Gasteiger charge is -2.27. The Morgan fingerprint density at radius 3 is 2.24 bits per heavy atom. The molecule has 0 saturated heterocycles. The van der Waals surface area contributed by atoms with Crippen LogP contribution >= 0.6 is 0 Å². The smallest absolute Gasteiger partial charge is 0.408 e. The van der Waals surface area contributed by atoms with E-state index in [2.05, 4.69) is 5.32 Å². The Labute approximate surface area is 169 Å². The third-order valence-electron chi connectivity index (χ3n) is 3.98. The van der Waals surface area contributed by atoms with E-state index in [4.69, 9.17) is 9.47 Å². The van der Waals surface area contributed by atoms with Gasteiger partial charge in [-0.25, -0.2) is 4.79 Å². The molecule has 2 aromatic carbocycles. The van der Waals surface area contributed by atoms with E-state index in [1.165, 1.54) is 24.3 Å². The maximum atomic E-state index is 12.2. The van der Waals surface area contributed by atoms with Crippen LogP contribution in [0.5, 0.6) is 5.75 Å². The van der Waals surface area contributed by atoms with Gasteiger partial charge in [-0.3, -0.25) is 10.1 Å². The Hall–Kier alpha value is -3.13. The monoisotopic (exact) mass is 402 g/mol. The largest absolute Gasteiger partial charge is 0.491 e. The summed E-state index contributed by atoms with van der Waals surface area (Å²) in [6.45, 7) is 7.13. The molecule has 156 valence electrons. The van der Waals surface area contributed by atoms with Gasteiger partial charge in [-0.05, 0) is 57.5 Å². The number of aliphatic hydroxyl groups is 1. The SMILES string of the molecule is Cc1ccc(OC[C@@H](NC(=O)OC(C)(C)C)[C@H](O)c2ccc([N+](=O)[O-])cc2)cc1. The van der Waals surface area contributed by atoms with Gasteiger partial charge in [0.2, 0.25) is 0 Å². The van der Waals surface area contributed by atoms with Crippen LogP contribution in [-0.2, 0) is 4.74 Å². The molecule has 0 radical (unpaired) electrons. The number of benzene rings is 2. The minimum absolute atomic E-state index is 0.0273. The molecule has 1 amide bonds. The highest BCUT2D eigenvalue weighted by atomic mass is 16.6. The van der Waals surface area contributed by atoms with Crippen LogP contribution in [0.2, 0.25) is 0 Å². The zero-order valence-corrected chi connectivity index (χ0v) is 16.9. The minimum Gasteiger partial charge on any atom is -0.491 e. The number of nitrogens with one attached hydrogen (secondary N) is 1. The number of alkyl carbamates (subject to hydrolysis) is 1. The number of non-ortho nitro benzene ring substituents is 1. The molecule has 2 N–H and O–H groups in total. The molecular formula is C21H26N2O6. The molecular weight excluding hydrogens is 376 g/mol. The van der Waals surface area contributed by atoms with Crippen LogP contribution in [0.3, 0.4) is 0 Å². The van der Waals surface area contributed by atoms with Gasteiger partial charge in [-0.15, -0.1) is 0 Å². The summed E-state index contributed by atoms with van der Waals surface area (Å²) >= 11 is 0. The van der Waals surface area contributed by atoms with Crippen molar-refractivity contribution in [3.05, 3.63) is 69.8 Å². The molecule has 0 bridgehead atoms. The number of carbonyl (C=O) groups is 1. The van der Waals surface area contributed by atoms with Gasteiger partial charge in [0.25, 0.3) is 5.69 Å². The van der Waals surface area contributed by atoms with Gasteiger partial charge in [0.15, 0.2) is 0 Å². The average molecular weight is 402 g/mol. The quantitative estimate of drug-likeness (QED) is 0.537.